The third kappa shape index (κ3) is 4.62. The molecule has 2 heterocycles. The highest BCUT2D eigenvalue weighted by Gasteiger charge is 2.29. The van der Waals surface area contributed by atoms with Gasteiger partial charge >= 0.3 is 0 Å². The zero-order valence-electron chi connectivity index (χ0n) is 15.5. The third-order valence-electron chi connectivity index (χ3n) is 5.28. The molecule has 2 aliphatic rings. The summed E-state index contributed by atoms with van der Waals surface area (Å²) in [7, 11) is 0. The van der Waals surface area contributed by atoms with Gasteiger partial charge in [-0.3, -0.25) is 4.79 Å². The molecule has 1 aromatic heterocycles. The Morgan fingerprint density at radius 2 is 2.00 bits per heavy atom. The molecule has 2 fully saturated rings. The Hall–Kier alpha value is -2.18. The molecule has 7 heteroatoms. The number of carbonyl (C=O) groups excluding carboxylic acids is 1. The fourth-order valence-corrected chi connectivity index (χ4v) is 3.63. The summed E-state index contributed by atoms with van der Waals surface area (Å²) in [5.74, 6) is 0.807. The Morgan fingerprint density at radius 3 is 2.71 bits per heavy atom. The van der Waals surface area contributed by atoms with Gasteiger partial charge in [0.1, 0.15) is 11.6 Å². The van der Waals surface area contributed by atoms with Crippen molar-refractivity contribution in [3.8, 4) is 0 Å². The predicted octanol–water partition coefficient (Wildman–Crippen LogP) is 4.65. The zero-order chi connectivity index (χ0) is 19.5. The van der Waals surface area contributed by atoms with E-state index in [-0.39, 0.29) is 5.91 Å². The van der Waals surface area contributed by atoms with Crippen LogP contribution in [0.1, 0.15) is 47.5 Å². The molecule has 0 bridgehead atoms. The lowest BCUT2D eigenvalue weighted by molar-refractivity contribution is 0.0642. The van der Waals surface area contributed by atoms with Gasteiger partial charge in [0, 0.05) is 31.0 Å². The molecule has 0 unspecified atom stereocenters. The first-order chi connectivity index (χ1) is 13.6. The minimum absolute atomic E-state index is 0.0925. The number of carbonyl (C=O) groups is 1. The molecule has 1 saturated carbocycles. The number of aromatic nitrogens is 1. The number of pyridine rings is 1. The number of hydrogen-bond donors (Lipinski definition) is 2. The number of ether oxygens (including phenoxy) is 1. The fourth-order valence-electron chi connectivity index (χ4n) is 3.47. The molecule has 2 aromatic rings. The summed E-state index contributed by atoms with van der Waals surface area (Å²) in [6.07, 6.45) is 5.65. The van der Waals surface area contributed by atoms with Crippen molar-refractivity contribution in [1.82, 2.24) is 10.3 Å². The fraction of sp³-hybridized carbons (Fsp3) is 0.429. The molecular weight excluding hydrogens is 381 g/mol. The first kappa shape index (κ1) is 19.2. The molecule has 0 atom stereocenters. The summed E-state index contributed by atoms with van der Waals surface area (Å²) in [5.41, 5.74) is 1.88. The molecule has 0 spiro atoms. The molecule has 4 rings (SSSR count). The van der Waals surface area contributed by atoms with E-state index in [1.807, 2.05) is 6.07 Å². The molecule has 1 saturated heterocycles. The molecular formula is C21H23ClFN3O2. The molecule has 5 nitrogen and oxygen atoms in total. The summed E-state index contributed by atoms with van der Waals surface area (Å²) in [6, 6.07) is 6.30. The number of hydrogen-bond acceptors (Lipinski definition) is 4. The van der Waals surface area contributed by atoms with Crippen LogP contribution in [0.2, 0.25) is 5.02 Å². The van der Waals surface area contributed by atoms with E-state index >= 15 is 0 Å². The summed E-state index contributed by atoms with van der Waals surface area (Å²) >= 11 is 5.80. The maximum absolute atomic E-state index is 14.0. The zero-order valence-corrected chi connectivity index (χ0v) is 16.3. The van der Waals surface area contributed by atoms with Crippen LogP contribution in [-0.4, -0.2) is 30.6 Å². The van der Waals surface area contributed by atoms with E-state index in [4.69, 9.17) is 16.3 Å². The van der Waals surface area contributed by atoms with Crippen molar-refractivity contribution in [3.63, 3.8) is 0 Å². The highest BCUT2D eigenvalue weighted by atomic mass is 35.5. The van der Waals surface area contributed by atoms with E-state index in [1.54, 1.807) is 18.3 Å². The number of rotatable bonds is 6. The van der Waals surface area contributed by atoms with Crippen LogP contribution in [-0.2, 0) is 4.74 Å². The molecule has 1 aliphatic heterocycles. The number of halogens is 2. The second-order valence-corrected chi connectivity index (χ2v) is 7.88. The molecule has 28 heavy (non-hydrogen) atoms. The van der Waals surface area contributed by atoms with Crippen molar-refractivity contribution in [1.29, 1.82) is 0 Å². The van der Waals surface area contributed by atoms with E-state index in [0.717, 1.165) is 44.5 Å². The Labute approximate surface area is 168 Å². The van der Waals surface area contributed by atoms with Gasteiger partial charge in [-0.1, -0.05) is 11.6 Å². The number of nitrogens with one attached hydrogen (secondary N) is 2. The molecule has 0 radical (unpaired) electrons. The summed E-state index contributed by atoms with van der Waals surface area (Å²) < 4.78 is 19.4. The largest absolute Gasteiger partial charge is 0.381 e. The number of anilines is 2. The van der Waals surface area contributed by atoms with Crippen LogP contribution >= 0.6 is 11.6 Å². The number of benzene rings is 1. The van der Waals surface area contributed by atoms with Crippen LogP contribution in [0.25, 0.3) is 0 Å². The lowest BCUT2D eigenvalue weighted by atomic mass is 10.00. The number of amides is 1. The average molecular weight is 404 g/mol. The summed E-state index contributed by atoms with van der Waals surface area (Å²) in [4.78, 5) is 17.1. The average Bonchev–Trinajstić information content (AvgIpc) is 3.54. The monoisotopic (exact) mass is 403 g/mol. The maximum atomic E-state index is 14.0. The van der Waals surface area contributed by atoms with E-state index in [1.165, 1.54) is 6.07 Å². The van der Waals surface area contributed by atoms with Crippen molar-refractivity contribution in [2.24, 2.45) is 5.92 Å². The lowest BCUT2D eigenvalue weighted by Gasteiger charge is -2.22. The van der Waals surface area contributed by atoms with Crippen LogP contribution in [0.5, 0.6) is 0 Å². The van der Waals surface area contributed by atoms with Gasteiger partial charge in [0.2, 0.25) is 0 Å². The van der Waals surface area contributed by atoms with E-state index in [9.17, 15) is 9.18 Å². The summed E-state index contributed by atoms with van der Waals surface area (Å²) in [6.45, 7) is 2.18. The quantitative estimate of drug-likeness (QED) is 0.736. The Kier molecular flexibility index (Phi) is 5.78. The number of nitrogens with zero attached hydrogens (tertiary/aromatic N) is 1. The smallest absolute Gasteiger partial charge is 0.253 e. The lowest BCUT2D eigenvalue weighted by Crippen LogP contribution is -2.32. The first-order valence-electron chi connectivity index (χ1n) is 9.68. The molecule has 2 N–H and O–H groups in total. The van der Waals surface area contributed by atoms with Crippen LogP contribution in [0, 0.1) is 11.7 Å². The standard InChI is InChI=1S/C21H23ClFN3O2/c22-15-3-4-19(18(23)9-15)26-20-10-16(14-1-2-14)17(12-24-20)21(27)25-11-13-5-7-28-8-6-13/h3-4,9-10,12-14H,1-2,5-8,11H2,(H,24,26)(H,25,27). The van der Waals surface area contributed by atoms with Crippen molar-refractivity contribution >= 4 is 29.0 Å². The van der Waals surface area contributed by atoms with E-state index in [2.05, 4.69) is 15.6 Å². The Balaban J connectivity index is 1.48. The molecule has 148 valence electrons. The van der Waals surface area contributed by atoms with Gasteiger partial charge in [-0.2, -0.15) is 0 Å². The second-order valence-electron chi connectivity index (χ2n) is 7.45. The highest BCUT2D eigenvalue weighted by Crippen LogP contribution is 2.42. The van der Waals surface area contributed by atoms with Gasteiger partial charge in [0.15, 0.2) is 0 Å². The van der Waals surface area contributed by atoms with E-state index in [0.29, 0.717) is 40.5 Å². The third-order valence-corrected chi connectivity index (χ3v) is 5.52. The van der Waals surface area contributed by atoms with Gasteiger partial charge in [-0.05, 0) is 67.3 Å². The molecule has 1 aromatic carbocycles. The Bertz CT molecular complexity index is 867. The van der Waals surface area contributed by atoms with Crippen molar-refractivity contribution < 1.29 is 13.9 Å². The summed E-state index contributed by atoms with van der Waals surface area (Å²) in [5, 5.41) is 6.37. The Morgan fingerprint density at radius 1 is 1.21 bits per heavy atom. The molecule has 1 amide bonds. The van der Waals surface area contributed by atoms with Gasteiger partial charge in [0.25, 0.3) is 5.91 Å². The minimum atomic E-state index is -0.444. The normalized spacial score (nSPS) is 17.4. The highest BCUT2D eigenvalue weighted by molar-refractivity contribution is 6.30. The second kappa shape index (κ2) is 8.45. The maximum Gasteiger partial charge on any atom is 0.253 e. The van der Waals surface area contributed by atoms with Crippen LogP contribution in [0.4, 0.5) is 15.9 Å². The van der Waals surface area contributed by atoms with Crippen molar-refractivity contribution in [2.45, 2.75) is 31.6 Å². The molecule has 1 aliphatic carbocycles. The van der Waals surface area contributed by atoms with Gasteiger partial charge in [-0.15, -0.1) is 0 Å². The van der Waals surface area contributed by atoms with Crippen molar-refractivity contribution in [2.75, 3.05) is 25.1 Å². The van der Waals surface area contributed by atoms with Crippen LogP contribution in [0.3, 0.4) is 0 Å². The topological polar surface area (TPSA) is 63.2 Å². The van der Waals surface area contributed by atoms with Crippen LogP contribution in [0.15, 0.2) is 30.5 Å². The first-order valence-corrected chi connectivity index (χ1v) is 10.1. The minimum Gasteiger partial charge on any atom is -0.381 e. The SMILES string of the molecule is O=C(NCC1CCOCC1)c1cnc(Nc2ccc(Cl)cc2F)cc1C1CC1. The van der Waals surface area contributed by atoms with Gasteiger partial charge in [-0.25, -0.2) is 9.37 Å². The van der Waals surface area contributed by atoms with E-state index < -0.39 is 5.82 Å². The predicted molar refractivity (Wildman–Crippen MR) is 107 cm³/mol. The van der Waals surface area contributed by atoms with Gasteiger partial charge < -0.3 is 15.4 Å². The van der Waals surface area contributed by atoms with Gasteiger partial charge in [0.05, 0.1) is 11.3 Å². The van der Waals surface area contributed by atoms with Crippen LogP contribution < -0.4 is 10.6 Å². The van der Waals surface area contributed by atoms with Crippen molar-refractivity contribution in [3.05, 3.63) is 52.4 Å².